The van der Waals surface area contributed by atoms with E-state index in [-0.39, 0.29) is 6.10 Å². The average molecular weight is 255 g/mol. The number of nitrogens with zero attached hydrogens (tertiary/aromatic N) is 1. The molecule has 0 amide bonds. The van der Waals surface area contributed by atoms with Crippen LogP contribution in [0.1, 0.15) is 52.2 Å². The second-order valence-corrected chi connectivity index (χ2v) is 7.37. The van der Waals surface area contributed by atoms with Crippen molar-refractivity contribution >= 4 is 11.8 Å². The van der Waals surface area contributed by atoms with Crippen molar-refractivity contribution < 1.29 is 5.11 Å². The lowest BCUT2D eigenvalue weighted by atomic mass is 10.1. The van der Waals surface area contributed by atoms with Crippen molar-refractivity contribution in [3.63, 3.8) is 0 Å². The lowest BCUT2D eigenvalue weighted by Crippen LogP contribution is -2.10. The van der Waals surface area contributed by atoms with Gasteiger partial charge < -0.3 is 9.67 Å². The normalized spacial score (nSPS) is 13.9. The second kappa shape index (κ2) is 6.50. The molecule has 17 heavy (non-hydrogen) atoms. The summed E-state index contributed by atoms with van der Waals surface area (Å²) in [5.74, 6) is 1.11. The van der Waals surface area contributed by atoms with Gasteiger partial charge in [0.15, 0.2) is 0 Å². The van der Waals surface area contributed by atoms with Gasteiger partial charge in [0.25, 0.3) is 0 Å². The summed E-state index contributed by atoms with van der Waals surface area (Å²) >= 11 is 1.97. The quantitative estimate of drug-likeness (QED) is 0.835. The summed E-state index contributed by atoms with van der Waals surface area (Å²) in [5, 5.41) is 9.87. The molecule has 1 aromatic heterocycles. The molecule has 1 aromatic rings. The molecule has 0 spiro atoms. The third kappa shape index (κ3) is 5.64. The topological polar surface area (TPSA) is 25.2 Å². The monoisotopic (exact) mass is 255 g/mol. The van der Waals surface area contributed by atoms with Crippen molar-refractivity contribution in [1.29, 1.82) is 0 Å². The summed E-state index contributed by atoms with van der Waals surface area (Å²) < 4.78 is 2.50. The average Bonchev–Trinajstić information content (AvgIpc) is 2.65. The first-order valence-electron chi connectivity index (χ1n) is 6.40. The van der Waals surface area contributed by atoms with Gasteiger partial charge in [0.1, 0.15) is 0 Å². The molecule has 0 radical (unpaired) electrons. The predicted octanol–water partition coefficient (Wildman–Crippen LogP) is 3.85. The molecule has 0 saturated heterocycles. The van der Waals surface area contributed by atoms with E-state index in [1.54, 1.807) is 0 Å². The van der Waals surface area contributed by atoms with E-state index >= 15 is 0 Å². The molecule has 1 rings (SSSR count). The maximum absolute atomic E-state index is 9.87. The van der Waals surface area contributed by atoms with E-state index in [9.17, 15) is 5.11 Å². The van der Waals surface area contributed by atoms with Gasteiger partial charge in [0.2, 0.25) is 0 Å². The van der Waals surface area contributed by atoms with Gasteiger partial charge >= 0.3 is 0 Å². The Hall–Kier alpha value is -0.410. The van der Waals surface area contributed by atoms with Crippen molar-refractivity contribution in [2.45, 2.75) is 57.9 Å². The Morgan fingerprint density at radius 1 is 1.41 bits per heavy atom. The fourth-order valence-electron chi connectivity index (χ4n) is 1.69. The van der Waals surface area contributed by atoms with Crippen LogP contribution in [0.5, 0.6) is 0 Å². The van der Waals surface area contributed by atoms with Gasteiger partial charge in [-0.25, -0.2) is 0 Å². The highest BCUT2D eigenvalue weighted by molar-refractivity contribution is 8.00. The summed E-state index contributed by atoms with van der Waals surface area (Å²) in [4.78, 5) is 0. The lowest BCUT2D eigenvalue weighted by molar-refractivity contribution is 0.166. The van der Waals surface area contributed by atoms with E-state index < -0.39 is 0 Å². The van der Waals surface area contributed by atoms with Crippen LogP contribution in [0.25, 0.3) is 0 Å². The third-order valence-electron chi connectivity index (χ3n) is 2.60. The van der Waals surface area contributed by atoms with Crippen LogP contribution >= 0.6 is 11.8 Å². The number of aliphatic hydroxyl groups excluding tert-OH is 1. The van der Waals surface area contributed by atoms with Gasteiger partial charge in [-0.3, -0.25) is 0 Å². The van der Waals surface area contributed by atoms with Crippen LogP contribution in [-0.4, -0.2) is 20.2 Å². The molecule has 1 N–H and O–H groups in total. The first kappa shape index (κ1) is 14.7. The predicted molar refractivity (Wildman–Crippen MR) is 76.5 cm³/mol. The number of hydrogen-bond acceptors (Lipinski definition) is 2. The van der Waals surface area contributed by atoms with Gasteiger partial charge in [0, 0.05) is 29.4 Å². The molecule has 0 aliphatic heterocycles. The highest BCUT2D eigenvalue weighted by Crippen LogP contribution is 2.23. The Balaban J connectivity index is 2.40. The Labute approximate surface area is 109 Å². The van der Waals surface area contributed by atoms with E-state index in [1.165, 1.54) is 0 Å². The number of rotatable bonds is 6. The van der Waals surface area contributed by atoms with E-state index in [4.69, 9.17) is 0 Å². The van der Waals surface area contributed by atoms with Crippen molar-refractivity contribution in [2.75, 3.05) is 5.75 Å². The molecule has 1 unspecified atom stereocenters. The van der Waals surface area contributed by atoms with Crippen LogP contribution in [0.15, 0.2) is 18.5 Å². The fourth-order valence-corrected chi connectivity index (χ4v) is 2.61. The first-order chi connectivity index (χ1) is 7.92. The molecule has 2 nitrogen and oxygen atoms in total. The Morgan fingerprint density at radius 3 is 2.71 bits per heavy atom. The molecule has 0 bridgehead atoms. The van der Waals surface area contributed by atoms with Crippen LogP contribution in [0.2, 0.25) is 0 Å². The van der Waals surface area contributed by atoms with Crippen LogP contribution < -0.4 is 0 Å². The highest BCUT2D eigenvalue weighted by atomic mass is 32.2. The maximum Gasteiger partial charge on any atom is 0.0804 e. The van der Waals surface area contributed by atoms with E-state index in [0.29, 0.717) is 4.75 Å². The Bertz CT molecular complexity index is 327. The first-order valence-corrected chi connectivity index (χ1v) is 7.38. The summed E-state index contributed by atoms with van der Waals surface area (Å²) in [6.07, 6.45) is 5.71. The Kier molecular flexibility index (Phi) is 5.60. The van der Waals surface area contributed by atoms with Crippen molar-refractivity contribution in [2.24, 2.45) is 0 Å². The van der Waals surface area contributed by atoms with Gasteiger partial charge in [-0.1, -0.05) is 34.1 Å². The number of aryl methyl sites for hydroxylation is 1. The fraction of sp³-hybridized carbons (Fsp3) is 0.714. The zero-order valence-electron chi connectivity index (χ0n) is 11.4. The molecule has 3 heteroatoms. The standard InChI is InChI=1S/C14H25NOS/c1-5-6-13(16)12-7-8-15(11-12)9-10-17-14(2,3)4/h7-8,11,13,16H,5-6,9-10H2,1-4H3. The van der Waals surface area contributed by atoms with Gasteiger partial charge in [-0.15, -0.1) is 0 Å². The van der Waals surface area contributed by atoms with Crippen LogP contribution in [0.3, 0.4) is 0 Å². The minimum Gasteiger partial charge on any atom is -0.388 e. The van der Waals surface area contributed by atoms with Crippen molar-refractivity contribution in [3.8, 4) is 0 Å². The number of hydrogen-bond donors (Lipinski definition) is 1. The summed E-state index contributed by atoms with van der Waals surface area (Å²) in [6, 6.07) is 2.03. The highest BCUT2D eigenvalue weighted by Gasteiger charge is 2.11. The van der Waals surface area contributed by atoms with E-state index in [2.05, 4.69) is 44.7 Å². The molecule has 0 saturated carbocycles. The number of thioether (sulfide) groups is 1. The van der Waals surface area contributed by atoms with Crippen molar-refractivity contribution in [1.82, 2.24) is 4.57 Å². The Morgan fingerprint density at radius 2 is 2.12 bits per heavy atom. The minimum absolute atomic E-state index is 0.295. The second-order valence-electron chi connectivity index (χ2n) is 5.45. The van der Waals surface area contributed by atoms with Gasteiger partial charge in [0.05, 0.1) is 6.10 Å². The zero-order chi connectivity index (χ0) is 12.9. The summed E-state index contributed by atoms with van der Waals surface area (Å²) in [7, 11) is 0. The summed E-state index contributed by atoms with van der Waals surface area (Å²) in [6.45, 7) is 9.83. The lowest BCUT2D eigenvalue weighted by Gasteiger charge is -2.17. The molecule has 0 fully saturated rings. The number of aliphatic hydroxyl groups is 1. The third-order valence-corrected chi connectivity index (χ3v) is 3.86. The van der Waals surface area contributed by atoms with Gasteiger partial charge in [-0.2, -0.15) is 11.8 Å². The molecule has 0 aliphatic carbocycles. The molecular weight excluding hydrogens is 230 g/mol. The van der Waals surface area contributed by atoms with E-state index in [0.717, 1.165) is 30.7 Å². The largest absolute Gasteiger partial charge is 0.388 e. The van der Waals surface area contributed by atoms with Crippen molar-refractivity contribution in [3.05, 3.63) is 24.0 Å². The zero-order valence-corrected chi connectivity index (χ0v) is 12.3. The van der Waals surface area contributed by atoms with Crippen LogP contribution in [0.4, 0.5) is 0 Å². The van der Waals surface area contributed by atoms with Gasteiger partial charge in [-0.05, 0) is 18.1 Å². The van der Waals surface area contributed by atoms with Crippen LogP contribution in [-0.2, 0) is 6.54 Å². The number of aromatic nitrogens is 1. The SMILES string of the molecule is CCCC(O)c1ccn(CCSC(C)(C)C)c1. The maximum atomic E-state index is 9.87. The molecule has 1 atom stereocenters. The molecule has 98 valence electrons. The van der Waals surface area contributed by atoms with Crippen LogP contribution in [0, 0.1) is 0 Å². The van der Waals surface area contributed by atoms with E-state index in [1.807, 2.05) is 17.8 Å². The smallest absolute Gasteiger partial charge is 0.0804 e. The molecule has 0 aliphatic rings. The molecular formula is C14H25NOS. The molecule has 1 heterocycles. The summed E-state index contributed by atoms with van der Waals surface area (Å²) in [5.41, 5.74) is 1.05. The molecule has 0 aromatic carbocycles. The minimum atomic E-state index is -0.295.